The van der Waals surface area contributed by atoms with Crippen LogP contribution in [0, 0.1) is 16.7 Å². The first-order valence-corrected chi connectivity index (χ1v) is 6.29. The third-order valence-electron chi connectivity index (χ3n) is 2.96. The van der Waals surface area contributed by atoms with Gasteiger partial charge in [-0.1, -0.05) is 0 Å². The van der Waals surface area contributed by atoms with Crippen molar-refractivity contribution in [3.8, 4) is 17.6 Å². The lowest BCUT2D eigenvalue weighted by Crippen LogP contribution is -2.13. The van der Waals surface area contributed by atoms with E-state index in [2.05, 4.69) is 6.07 Å². The molecule has 1 aromatic carbocycles. The number of nitrogens with zero attached hydrogens (tertiary/aromatic N) is 1. The highest BCUT2D eigenvalue weighted by atomic mass is 16.5. The molecule has 0 unspecified atom stereocenters. The Morgan fingerprint density at radius 2 is 2.11 bits per heavy atom. The highest BCUT2D eigenvalue weighted by molar-refractivity contribution is 5.41. The van der Waals surface area contributed by atoms with Gasteiger partial charge in [-0.05, 0) is 39.3 Å². The lowest BCUT2D eigenvalue weighted by atomic mass is 9.92. The Labute approximate surface area is 114 Å². The Hall–Kier alpha value is -1.73. The van der Waals surface area contributed by atoms with Gasteiger partial charge in [0.1, 0.15) is 11.5 Å². The second-order valence-corrected chi connectivity index (χ2v) is 5.17. The van der Waals surface area contributed by atoms with Crippen LogP contribution in [-0.2, 0) is 0 Å². The second-order valence-electron chi connectivity index (χ2n) is 5.17. The van der Waals surface area contributed by atoms with E-state index < -0.39 is 11.5 Å². The first-order valence-electron chi connectivity index (χ1n) is 6.29. The van der Waals surface area contributed by atoms with Gasteiger partial charge in [-0.15, -0.1) is 0 Å². The van der Waals surface area contributed by atoms with E-state index >= 15 is 0 Å². The Balaban J connectivity index is 2.78. The molecule has 0 spiro atoms. The SMILES string of the molecule is COc1ccc([C@H](C)O)c(OCCC(C)(C)C#N)c1. The number of methoxy groups -OCH3 is 1. The first-order chi connectivity index (χ1) is 8.89. The maximum absolute atomic E-state index is 9.70. The van der Waals surface area contributed by atoms with Crippen LogP contribution in [0.1, 0.15) is 38.9 Å². The van der Waals surface area contributed by atoms with Crippen LogP contribution in [-0.4, -0.2) is 18.8 Å². The Kier molecular flexibility index (Phi) is 5.20. The number of aliphatic hydroxyl groups excluding tert-OH is 1. The maximum Gasteiger partial charge on any atom is 0.128 e. The van der Waals surface area contributed by atoms with Gasteiger partial charge in [0.25, 0.3) is 0 Å². The molecule has 0 radical (unpaired) electrons. The van der Waals surface area contributed by atoms with Crippen molar-refractivity contribution >= 4 is 0 Å². The molecular weight excluding hydrogens is 242 g/mol. The molecule has 0 bridgehead atoms. The quantitative estimate of drug-likeness (QED) is 0.856. The average molecular weight is 263 g/mol. The fourth-order valence-electron chi connectivity index (χ4n) is 1.58. The largest absolute Gasteiger partial charge is 0.497 e. The van der Waals surface area contributed by atoms with Gasteiger partial charge in [0.15, 0.2) is 0 Å². The molecule has 0 fully saturated rings. The smallest absolute Gasteiger partial charge is 0.128 e. The maximum atomic E-state index is 9.70. The van der Waals surface area contributed by atoms with Crippen molar-refractivity contribution in [2.24, 2.45) is 5.41 Å². The van der Waals surface area contributed by atoms with Crippen LogP contribution >= 0.6 is 0 Å². The molecule has 1 atom stereocenters. The summed E-state index contributed by atoms with van der Waals surface area (Å²) in [5.41, 5.74) is 0.305. The molecule has 0 saturated carbocycles. The lowest BCUT2D eigenvalue weighted by Gasteiger charge is -2.18. The van der Waals surface area contributed by atoms with Gasteiger partial charge in [-0.2, -0.15) is 5.26 Å². The summed E-state index contributed by atoms with van der Waals surface area (Å²) in [6, 6.07) is 7.56. The van der Waals surface area contributed by atoms with E-state index in [0.29, 0.717) is 24.5 Å². The normalized spacial score (nSPS) is 12.6. The molecule has 0 aromatic heterocycles. The first kappa shape index (κ1) is 15.3. The van der Waals surface area contributed by atoms with E-state index in [9.17, 15) is 5.11 Å². The standard InChI is InChI=1S/C15H21NO3/c1-11(17)13-6-5-12(18-4)9-14(13)19-8-7-15(2,3)10-16/h5-6,9,11,17H,7-8H2,1-4H3/t11-/m0/s1. The minimum Gasteiger partial charge on any atom is -0.497 e. The molecule has 1 aromatic rings. The predicted octanol–water partition coefficient (Wildman–Crippen LogP) is 3.07. The van der Waals surface area contributed by atoms with Crippen LogP contribution in [0.3, 0.4) is 0 Å². The number of hydrogen-bond donors (Lipinski definition) is 1. The Bertz CT molecular complexity index is 461. The minimum atomic E-state index is -0.607. The number of benzene rings is 1. The molecule has 4 nitrogen and oxygen atoms in total. The molecule has 0 aliphatic carbocycles. The van der Waals surface area contributed by atoms with E-state index in [-0.39, 0.29) is 0 Å². The predicted molar refractivity (Wildman–Crippen MR) is 73.1 cm³/mol. The zero-order valence-corrected chi connectivity index (χ0v) is 11.9. The number of ether oxygens (including phenoxy) is 2. The zero-order valence-electron chi connectivity index (χ0n) is 11.9. The summed E-state index contributed by atoms with van der Waals surface area (Å²) >= 11 is 0. The van der Waals surface area contributed by atoms with Gasteiger partial charge in [0, 0.05) is 11.6 Å². The highest BCUT2D eigenvalue weighted by Gasteiger charge is 2.17. The molecule has 19 heavy (non-hydrogen) atoms. The molecule has 1 rings (SSSR count). The van der Waals surface area contributed by atoms with Gasteiger partial charge in [-0.25, -0.2) is 0 Å². The van der Waals surface area contributed by atoms with Crippen LogP contribution < -0.4 is 9.47 Å². The van der Waals surface area contributed by atoms with E-state index in [4.69, 9.17) is 14.7 Å². The fraction of sp³-hybridized carbons (Fsp3) is 0.533. The van der Waals surface area contributed by atoms with Crippen LogP contribution in [0.5, 0.6) is 11.5 Å². The lowest BCUT2D eigenvalue weighted by molar-refractivity contribution is 0.188. The molecule has 4 heteroatoms. The summed E-state index contributed by atoms with van der Waals surface area (Å²) in [6.45, 7) is 5.86. The topological polar surface area (TPSA) is 62.5 Å². The summed E-state index contributed by atoms with van der Waals surface area (Å²) < 4.78 is 10.8. The minimum absolute atomic E-state index is 0.413. The van der Waals surface area contributed by atoms with Gasteiger partial charge in [0.05, 0.1) is 31.3 Å². The summed E-state index contributed by atoms with van der Waals surface area (Å²) in [7, 11) is 1.58. The zero-order chi connectivity index (χ0) is 14.5. The van der Waals surface area contributed by atoms with Crippen molar-refractivity contribution < 1.29 is 14.6 Å². The molecular formula is C15H21NO3. The average Bonchev–Trinajstić information content (AvgIpc) is 2.38. The van der Waals surface area contributed by atoms with Gasteiger partial charge >= 0.3 is 0 Å². The Morgan fingerprint density at radius 3 is 2.63 bits per heavy atom. The second kappa shape index (κ2) is 6.44. The van der Waals surface area contributed by atoms with Gasteiger partial charge in [-0.3, -0.25) is 0 Å². The number of hydrogen-bond acceptors (Lipinski definition) is 4. The third kappa shape index (κ3) is 4.46. The van der Waals surface area contributed by atoms with Crippen molar-refractivity contribution in [1.82, 2.24) is 0 Å². The van der Waals surface area contributed by atoms with Crippen LogP contribution in [0.25, 0.3) is 0 Å². The van der Waals surface area contributed by atoms with E-state index in [1.54, 1.807) is 32.2 Å². The Morgan fingerprint density at radius 1 is 1.42 bits per heavy atom. The summed E-state index contributed by atoms with van der Waals surface area (Å²) in [6.07, 6.45) is 0.0184. The summed E-state index contributed by atoms with van der Waals surface area (Å²) in [4.78, 5) is 0. The van der Waals surface area contributed by atoms with Crippen molar-refractivity contribution in [3.63, 3.8) is 0 Å². The summed E-state index contributed by atoms with van der Waals surface area (Å²) in [5.74, 6) is 1.28. The van der Waals surface area contributed by atoms with E-state index in [1.165, 1.54) is 0 Å². The van der Waals surface area contributed by atoms with Gasteiger partial charge < -0.3 is 14.6 Å². The molecule has 0 aliphatic heterocycles. The monoisotopic (exact) mass is 263 g/mol. The van der Waals surface area contributed by atoms with Crippen molar-refractivity contribution in [1.29, 1.82) is 5.26 Å². The molecule has 0 amide bonds. The van der Waals surface area contributed by atoms with Gasteiger partial charge in [0.2, 0.25) is 0 Å². The number of nitriles is 1. The molecule has 0 aliphatic rings. The fourth-order valence-corrected chi connectivity index (χ4v) is 1.58. The van der Waals surface area contributed by atoms with Crippen LogP contribution in [0.4, 0.5) is 0 Å². The summed E-state index contributed by atoms with van der Waals surface area (Å²) in [5, 5.41) is 18.7. The highest BCUT2D eigenvalue weighted by Crippen LogP contribution is 2.30. The molecule has 1 N–H and O–H groups in total. The van der Waals surface area contributed by atoms with E-state index in [1.807, 2.05) is 13.8 Å². The molecule has 0 saturated heterocycles. The third-order valence-corrected chi connectivity index (χ3v) is 2.96. The number of aliphatic hydroxyl groups is 1. The number of rotatable bonds is 6. The van der Waals surface area contributed by atoms with Crippen LogP contribution in [0.2, 0.25) is 0 Å². The van der Waals surface area contributed by atoms with Crippen molar-refractivity contribution in [2.75, 3.05) is 13.7 Å². The van der Waals surface area contributed by atoms with E-state index in [0.717, 1.165) is 5.56 Å². The molecule has 0 heterocycles. The van der Waals surface area contributed by atoms with Crippen molar-refractivity contribution in [2.45, 2.75) is 33.3 Å². The molecule has 104 valence electrons. The van der Waals surface area contributed by atoms with Crippen molar-refractivity contribution in [3.05, 3.63) is 23.8 Å². The van der Waals surface area contributed by atoms with Crippen LogP contribution in [0.15, 0.2) is 18.2 Å².